The van der Waals surface area contributed by atoms with Crippen LogP contribution in [0, 0.1) is 5.92 Å². The van der Waals surface area contributed by atoms with Crippen molar-refractivity contribution in [1.82, 2.24) is 15.1 Å². The Bertz CT molecular complexity index is 1380. The fraction of sp³-hybridized carbons (Fsp3) is 0.486. The van der Waals surface area contributed by atoms with Crippen LogP contribution in [0.5, 0.6) is 11.5 Å². The van der Waals surface area contributed by atoms with Gasteiger partial charge in [0.1, 0.15) is 11.5 Å². The van der Waals surface area contributed by atoms with Crippen molar-refractivity contribution in [2.24, 2.45) is 11.7 Å². The van der Waals surface area contributed by atoms with Gasteiger partial charge in [-0.05, 0) is 49.3 Å². The molecule has 9 nitrogen and oxygen atoms in total. The average Bonchev–Trinajstić information content (AvgIpc) is 3.60. The number of hydrogen-bond acceptors (Lipinski definition) is 7. The number of amides is 2. The first kappa shape index (κ1) is 30.4. The van der Waals surface area contributed by atoms with E-state index in [1.165, 1.54) is 11.1 Å². The van der Waals surface area contributed by atoms with Gasteiger partial charge in [0.2, 0.25) is 5.91 Å². The Hall–Kier alpha value is -3.66. The van der Waals surface area contributed by atoms with E-state index in [-0.39, 0.29) is 35.9 Å². The monoisotopic (exact) mass is 600 g/mol. The van der Waals surface area contributed by atoms with Gasteiger partial charge in [-0.2, -0.15) is 0 Å². The molecule has 6 rings (SSSR count). The van der Waals surface area contributed by atoms with Crippen molar-refractivity contribution in [3.05, 3.63) is 83.0 Å². The van der Waals surface area contributed by atoms with Crippen LogP contribution >= 0.6 is 0 Å². The molecular formula is C35H44N4O5. The Morgan fingerprint density at radius 1 is 1.07 bits per heavy atom. The van der Waals surface area contributed by atoms with Crippen LogP contribution in [0.1, 0.15) is 36.0 Å². The summed E-state index contributed by atoms with van der Waals surface area (Å²) in [5, 5.41) is 3.04. The molecule has 2 amide bonds. The molecular weight excluding hydrogens is 556 g/mol. The molecule has 0 saturated carbocycles. The molecule has 4 aliphatic rings. The Labute approximate surface area is 260 Å². The van der Waals surface area contributed by atoms with Gasteiger partial charge in [0.05, 0.1) is 45.4 Å². The first-order chi connectivity index (χ1) is 21.4. The summed E-state index contributed by atoms with van der Waals surface area (Å²) in [6.45, 7) is 2.88. The summed E-state index contributed by atoms with van der Waals surface area (Å²) in [5.74, 6) is 1.29. The zero-order valence-electron chi connectivity index (χ0n) is 25.7. The molecule has 2 aliphatic carbocycles. The lowest BCUT2D eigenvalue weighted by molar-refractivity contribution is -0.143. The third-order valence-electron chi connectivity index (χ3n) is 9.58. The van der Waals surface area contributed by atoms with Crippen LogP contribution in [0.25, 0.3) is 0 Å². The third kappa shape index (κ3) is 6.55. The van der Waals surface area contributed by atoms with E-state index in [2.05, 4.69) is 34.5 Å². The van der Waals surface area contributed by atoms with Crippen molar-refractivity contribution < 1.29 is 23.8 Å². The molecule has 44 heavy (non-hydrogen) atoms. The molecule has 2 bridgehead atoms. The lowest BCUT2D eigenvalue weighted by atomic mass is 9.94. The standard InChI is InChI=1S/C35H44N4O5/c1-42-32-14-11-27(33(17-32)43-2)19-38(31-15-25-5-3-4-6-26(25)16-31)20-28(36)18-37-34(40)23-7-9-24(10-8-23)35(41)39-29-12-13-30(39)22-44-21-29/h3-9,11,14,17,24,28-31H,10,12-13,15-16,18-22,36H2,1-2H3,(H,37,40). The number of ether oxygens (including phenoxy) is 3. The molecule has 234 valence electrons. The number of benzene rings is 2. The van der Waals surface area contributed by atoms with E-state index in [9.17, 15) is 9.59 Å². The number of carbonyl (C=O) groups is 2. The van der Waals surface area contributed by atoms with E-state index >= 15 is 0 Å². The number of methoxy groups -OCH3 is 2. The van der Waals surface area contributed by atoms with Crippen molar-refractivity contribution in [2.45, 2.75) is 62.8 Å². The second kappa shape index (κ2) is 13.5. The molecule has 0 aromatic heterocycles. The fourth-order valence-corrected chi connectivity index (χ4v) is 7.18. The normalized spacial score (nSPS) is 23.3. The highest BCUT2D eigenvalue weighted by Crippen LogP contribution is 2.33. The smallest absolute Gasteiger partial charge is 0.250 e. The van der Waals surface area contributed by atoms with Gasteiger partial charge in [-0.1, -0.05) is 48.6 Å². The number of fused-ring (bicyclic) bond motifs is 3. The van der Waals surface area contributed by atoms with Crippen molar-refractivity contribution in [2.75, 3.05) is 40.5 Å². The highest BCUT2D eigenvalue weighted by atomic mass is 16.5. The Kier molecular flexibility index (Phi) is 9.35. The molecule has 2 saturated heterocycles. The summed E-state index contributed by atoms with van der Waals surface area (Å²) in [5.41, 5.74) is 11.1. The Balaban J connectivity index is 1.06. The molecule has 2 aromatic carbocycles. The van der Waals surface area contributed by atoms with Crippen molar-refractivity contribution in [3.8, 4) is 11.5 Å². The quantitative estimate of drug-likeness (QED) is 0.409. The van der Waals surface area contributed by atoms with E-state index in [1.54, 1.807) is 20.3 Å². The van der Waals surface area contributed by atoms with Crippen LogP contribution in [-0.4, -0.2) is 86.3 Å². The van der Waals surface area contributed by atoms with Crippen LogP contribution in [0.4, 0.5) is 0 Å². The minimum atomic E-state index is -0.272. The fourth-order valence-electron chi connectivity index (χ4n) is 7.18. The van der Waals surface area contributed by atoms with Gasteiger partial charge in [0, 0.05) is 48.9 Å². The van der Waals surface area contributed by atoms with Crippen LogP contribution in [0.3, 0.4) is 0 Å². The molecule has 0 spiro atoms. The number of nitrogens with zero attached hydrogens (tertiary/aromatic N) is 2. The molecule has 3 N–H and O–H groups in total. The summed E-state index contributed by atoms with van der Waals surface area (Å²) in [6.07, 6.45) is 10.0. The van der Waals surface area contributed by atoms with E-state index in [0.29, 0.717) is 50.9 Å². The second-order valence-electron chi connectivity index (χ2n) is 12.4. The number of carbonyl (C=O) groups excluding carboxylic acids is 2. The Morgan fingerprint density at radius 3 is 2.43 bits per heavy atom. The molecule has 0 radical (unpaired) electrons. The minimum Gasteiger partial charge on any atom is -0.497 e. The predicted molar refractivity (Wildman–Crippen MR) is 168 cm³/mol. The molecule has 9 heteroatoms. The van der Waals surface area contributed by atoms with Gasteiger partial charge < -0.3 is 30.2 Å². The molecule has 2 fully saturated rings. The molecule has 4 unspecified atom stereocenters. The third-order valence-corrected chi connectivity index (χ3v) is 9.58. The molecule has 2 aromatic rings. The first-order valence-electron chi connectivity index (χ1n) is 15.8. The number of nitrogens with one attached hydrogen (secondary N) is 1. The minimum absolute atomic E-state index is 0.150. The topological polar surface area (TPSA) is 106 Å². The van der Waals surface area contributed by atoms with Crippen LogP contribution in [0.15, 0.2) is 66.3 Å². The first-order valence-corrected chi connectivity index (χ1v) is 15.8. The van der Waals surface area contributed by atoms with Crippen molar-refractivity contribution >= 4 is 11.8 Å². The number of rotatable bonds is 11. The van der Waals surface area contributed by atoms with E-state index in [0.717, 1.165) is 42.7 Å². The maximum atomic E-state index is 13.2. The largest absolute Gasteiger partial charge is 0.497 e. The molecule has 4 atom stereocenters. The number of hydrogen-bond donors (Lipinski definition) is 2. The number of allylic oxidation sites excluding steroid dienone is 1. The maximum absolute atomic E-state index is 13.2. The highest BCUT2D eigenvalue weighted by Gasteiger charge is 2.42. The SMILES string of the molecule is COc1ccc(CN(CC(N)CNC(=O)C2=CCC(C(=O)N3C4CCC3COC4)C=C2)C2Cc3ccccc3C2)c(OC)c1. The molecule has 2 heterocycles. The van der Waals surface area contributed by atoms with E-state index < -0.39 is 0 Å². The van der Waals surface area contributed by atoms with Crippen LogP contribution in [-0.2, 0) is 33.7 Å². The van der Waals surface area contributed by atoms with Gasteiger partial charge in [0.25, 0.3) is 5.91 Å². The lowest BCUT2D eigenvalue weighted by Gasteiger charge is -2.36. The van der Waals surface area contributed by atoms with Crippen LogP contribution < -0.4 is 20.5 Å². The molecule has 2 aliphatic heterocycles. The predicted octanol–water partition coefficient (Wildman–Crippen LogP) is 3.01. The van der Waals surface area contributed by atoms with Gasteiger partial charge >= 0.3 is 0 Å². The van der Waals surface area contributed by atoms with E-state index in [1.807, 2.05) is 35.3 Å². The van der Waals surface area contributed by atoms with Gasteiger partial charge in [-0.15, -0.1) is 0 Å². The van der Waals surface area contributed by atoms with Gasteiger partial charge in [0.15, 0.2) is 0 Å². The van der Waals surface area contributed by atoms with Gasteiger partial charge in [-0.3, -0.25) is 14.5 Å². The van der Waals surface area contributed by atoms with Crippen molar-refractivity contribution in [1.29, 1.82) is 0 Å². The summed E-state index contributed by atoms with van der Waals surface area (Å²) in [7, 11) is 3.32. The average molecular weight is 601 g/mol. The lowest BCUT2D eigenvalue weighted by Crippen LogP contribution is -2.51. The summed E-state index contributed by atoms with van der Waals surface area (Å²) >= 11 is 0. The summed E-state index contributed by atoms with van der Waals surface area (Å²) in [4.78, 5) is 30.8. The summed E-state index contributed by atoms with van der Waals surface area (Å²) < 4.78 is 16.7. The highest BCUT2D eigenvalue weighted by molar-refractivity contribution is 5.97. The van der Waals surface area contributed by atoms with Crippen LogP contribution in [0.2, 0.25) is 0 Å². The Morgan fingerprint density at radius 2 is 1.80 bits per heavy atom. The maximum Gasteiger partial charge on any atom is 0.250 e. The van der Waals surface area contributed by atoms with Gasteiger partial charge in [-0.25, -0.2) is 0 Å². The zero-order valence-corrected chi connectivity index (χ0v) is 25.7. The second-order valence-corrected chi connectivity index (χ2v) is 12.4. The number of morpholine rings is 1. The van der Waals surface area contributed by atoms with Crippen molar-refractivity contribution in [3.63, 3.8) is 0 Å². The summed E-state index contributed by atoms with van der Waals surface area (Å²) in [6, 6.07) is 14.9. The van der Waals surface area contributed by atoms with E-state index in [4.69, 9.17) is 19.9 Å². The number of nitrogens with two attached hydrogens (primary N) is 1. The zero-order chi connectivity index (χ0) is 30.6.